The second kappa shape index (κ2) is 5.30. The zero-order chi connectivity index (χ0) is 14.9. The third kappa shape index (κ3) is 2.86. The van der Waals surface area contributed by atoms with Gasteiger partial charge in [-0.25, -0.2) is 12.8 Å². The van der Waals surface area contributed by atoms with E-state index in [0.29, 0.717) is 11.3 Å². The quantitative estimate of drug-likeness (QED) is 0.855. The van der Waals surface area contributed by atoms with Gasteiger partial charge in [0.15, 0.2) is 0 Å². The lowest BCUT2D eigenvalue weighted by atomic mass is 10.2. The Balaban J connectivity index is 2.46. The Bertz CT molecular complexity index is 763. The Hall–Kier alpha value is -1.79. The van der Waals surface area contributed by atoms with Crippen LogP contribution in [0.4, 0.5) is 15.8 Å². The normalized spacial score (nSPS) is 11.3. The number of hydrogen-bond donors (Lipinski definition) is 2. The van der Waals surface area contributed by atoms with Gasteiger partial charge in [-0.3, -0.25) is 4.72 Å². The Kier molecular flexibility index (Phi) is 3.87. The number of nitrogens with one attached hydrogen (secondary N) is 1. The molecule has 106 valence electrons. The highest BCUT2D eigenvalue weighted by atomic mass is 35.5. The van der Waals surface area contributed by atoms with E-state index in [1.807, 2.05) is 0 Å². The van der Waals surface area contributed by atoms with Gasteiger partial charge in [-0.1, -0.05) is 17.7 Å². The highest BCUT2D eigenvalue weighted by Crippen LogP contribution is 2.27. The number of hydrogen-bond acceptors (Lipinski definition) is 3. The molecule has 0 aliphatic rings. The molecular formula is C13H12ClFN2O2S. The van der Waals surface area contributed by atoms with E-state index in [9.17, 15) is 12.8 Å². The summed E-state index contributed by atoms with van der Waals surface area (Å²) in [7, 11) is -3.89. The first-order chi connectivity index (χ1) is 9.31. The van der Waals surface area contributed by atoms with Crippen LogP contribution in [0.3, 0.4) is 0 Å². The highest BCUT2D eigenvalue weighted by Gasteiger charge is 2.19. The lowest BCUT2D eigenvalue weighted by Crippen LogP contribution is -2.15. The Labute approximate surface area is 121 Å². The van der Waals surface area contributed by atoms with Gasteiger partial charge in [-0.2, -0.15) is 0 Å². The highest BCUT2D eigenvalue weighted by molar-refractivity contribution is 7.92. The van der Waals surface area contributed by atoms with E-state index in [1.165, 1.54) is 18.2 Å². The van der Waals surface area contributed by atoms with Gasteiger partial charge in [0.1, 0.15) is 5.82 Å². The maximum atomic E-state index is 13.2. The molecule has 0 aliphatic heterocycles. The van der Waals surface area contributed by atoms with E-state index in [2.05, 4.69) is 4.72 Å². The Morgan fingerprint density at radius 3 is 2.65 bits per heavy atom. The monoisotopic (exact) mass is 314 g/mol. The van der Waals surface area contributed by atoms with Gasteiger partial charge < -0.3 is 5.73 Å². The van der Waals surface area contributed by atoms with Crippen LogP contribution in [0.2, 0.25) is 5.02 Å². The summed E-state index contributed by atoms with van der Waals surface area (Å²) >= 11 is 5.84. The number of sulfonamides is 1. The van der Waals surface area contributed by atoms with Gasteiger partial charge in [0.25, 0.3) is 10.0 Å². The van der Waals surface area contributed by atoms with Crippen molar-refractivity contribution in [1.29, 1.82) is 0 Å². The first-order valence-electron chi connectivity index (χ1n) is 5.64. The van der Waals surface area contributed by atoms with Crippen LogP contribution in [0.1, 0.15) is 5.56 Å². The van der Waals surface area contributed by atoms with Crippen molar-refractivity contribution in [2.24, 2.45) is 0 Å². The molecule has 0 radical (unpaired) electrons. The van der Waals surface area contributed by atoms with Gasteiger partial charge >= 0.3 is 0 Å². The molecule has 0 saturated carbocycles. The molecule has 2 rings (SSSR count). The van der Waals surface area contributed by atoms with E-state index in [0.717, 1.165) is 12.1 Å². The molecule has 3 N–H and O–H groups in total. The van der Waals surface area contributed by atoms with Crippen LogP contribution in [-0.4, -0.2) is 8.42 Å². The van der Waals surface area contributed by atoms with Crippen molar-refractivity contribution >= 4 is 33.0 Å². The standard InChI is InChI=1S/C13H12ClFN2O2S/c1-8-11(16)3-2-4-13(8)20(18,19)17-12-7-9(15)5-6-10(12)14/h2-7,17H,16H2,1H3. The largest absolute Gasteiger partial charge is 0.398 e. The fourth-order valence-electron chi connectivity index (χ4n) is 1.70. The zero-order valence-electron chi connectivity index (χ0n) is 10.5. The van der Waals surface area contributed by atoms with Crippen molar-refractivity contribution in [3.63, 3.8) is 0 Å². The molecule has 0 unspecified atom stereocenters. The Morgan fingerprint density at radius 1 is 1.25 bits per heavy atom. The number of anilines is 2. The fourth-order valence-corrected chi connectivity index (χ4v) is 3.27. The van der Waals surface area contributed by atoms with Crippen LogP contribution in [-0.2, 0) is 10.0 Å². The minimum atomic E-state index is -3.89. The Morgan fingerprint density at radius 2 is 1.95 bits per heavy atom. The molecule has 0 bridgehead atoms. The van der Waals surface area contributed by atoms with Crippen LogP contribution >= 0.6 is 11.6 Å². The molecule has 0 atom stereocenters. The van der Waals surface area contributed by atoms with E-state index < -0.39 is 15.8 Å². The molecule has 7 heteroatoms. The minimum absolute atomic E-state index is 0.0199. The number of benzene rings is 2. The average Bonchev–Trinajstić information content (AvgIpc) is 2.36. The zero-order valence-corrected chi connectivity index (χ0v) is 12.1. The molecule has 0 fully saturated rings. The van der Waals surface area contributed by atoms with Crippen molar-refractivity contribution in [3.8, 4) is 0 Å². The van der Waals surface area contributed by atoms with Gasteiger partial charge in [-0.15, -0.1) is 0 Å². The van der Waals surface area contributed by atoms with E-state index in [4.69, 9.17) is 17.3 Å². The summed E-state index contributed by atoms with van der Waals surface area (Å²) in [5.41, 5.74) is 6.45. The van der Waals surface area contributed by atoms with E-state index in [1.54, 1.807) is 13.0 Å². The number of rotatable bonds is 3. The SMILES string of the molecule is Cc1c(N)cccc1S(=O)(=O)Nc1cc(F)ccc1Cl. The third-order valence-corrected chi connectivity index (χ3v) is 4.63. The van der Waals surface area contributed by atoms with Crippen LogP contribution in [0.25, 0.3) is 0 Å². The summed E-state index contributed by atoms with van der Waals surface area (Å²) in [5, 5.41) is 0.108. The lowest BCUT2D eigenvalue weighted by molar-refractivity contribution is 0.600. The summed E-state index contributed by atoms with van der Waals surface area (Å²) in [6.45, 7) is 1.59. The molecule has 0 heterocycles. The molecule has 0 aromatic heterocycles. The van der Waals surface area contributed by atoms with Crippen molar-refractivity contribution in [3.05, 3.63) is 52.8 Å². The van der Waals surface area contributed by atoms with Gasteiger partial charge in [-0.05, 0) is 42.8 Å². The molecule has 0 aliphatic carbocycles. The summed E-state index contributed by atoms with van der Waals surface area (Å²) in [6.07, 6.45) is 0. The molecule has 2 aromatic rings. The summed E-state index contributed by atoms with van der Waals surface area (Å²) < 4.78 is 40.0. The van der Waals surface area contributed by atoms with Gasteiger partial charge in [0.2, 0.25) is 0 Å². The maximum Gasteiger partial charge on any atom is 0.262 e. The lowest BCUT2D eigenvalue weighted by Gasteiger charge is -2.12. The molecule has 2 aromatic carbocycles. The third-order valence-electron chi connectivity index (χ3n) is 2.79. The molecule has 4 nitrogen and oxygen atoms in total. The van der Waals surface area contributed by atoms with Crippen molar-refractivity contribution < 1.29 is 12.8 Å². The minimum Gasteiger partial charge on any atom is -0.398 e. The molecule has 20 heavy (non-hydrogen) atoms. The number of nitrogens with two attached hydrogens (primary N) is 1. The smallest absolute Gasteiger partial charge is 0.262 e. The van der Waals surface area contributed by atoms with Crippen molar-refractivity contribution in [2.75, 3.05) is 10.5 Å². The van der Waals surface area contributed by atoms with Crippen LogP contribution in [0.5, 0.6) is 0 Å². The average molecular weight is 315 g/mol. The molecule has 0 saturated heterocycles. The second-order valence-electron chi connectivity index (χ2n) is 4.20. The predicted octanol–water partition coefficient (Wildman–Crippen LogP) is 3.17. The first-order valence-corrected chi connectivity index (χ1v) is 7.50. The van der Waals surface area contributed by atoms with Crippen molar-refractivity contribution in [2.45, 2.75) is 11.8 Å². The van der Waals surface area contributed by atoms with Crippen LogP contribution < -0.4 is 10.5 Å². The van der Waals surface area contributed by atoms with Gasteiger partial charge in [0, 0.05) is 5.69 Å². The van der Waals surface area contributed by atoms with Crippen LogP contribution in [0.15, 0.2) is 41.3 Å². The molecular weight excluding hydrogens is 303 g/mol. The molecule has 0 spiro atoms. The second-order valence-corrected chi connectivity index (χ2v) is 6.26. The van der Waals surface area contributed by atoms with E-state index >= 15 is 0 Å². The fraction of sp³-hybridized carbons (Fsp3) is 0.0769. The maximum absolute atomic E-state index is 13.2. The van der Waals surface area contributed by atoms with Crippen molar-refractivity contribution in [1.82, 2.24) is 0 Å². The predicted molar refractivity (Wildman–Crippen MR) is 77.8 cm³/mol. The number of halogens is 2. The summed E-state index contributed by atoms with van der Waals surface area (Å²) in [6, 6.07) is 7.99. The van der Waals surface area contributed by atoms with Crippen LogP contribution in [0, 0.1) is 12.7 Å². The topological polar surface area (TPSA) is 72.2 Å². The number of nitrogen functional groups attached to an aromatic ring is 1. The van der Waals surface area contributed by atoms with E-state index in [-0.39, 0.29) is 15.6 Å². The summed E-state index contributed by atoms with van der Waals surface area (Å²) in [5.74, 6) is -0.587. The first kappa shape index (κ1) is 14.6. The van der Waals surface area contributed by atoms with Gasteiger partial charge in [0.05, 0.1) is 15.6 Å². The molecule has 0 amide bonds. The summed E-state index contributed by atoms with van der Waals surface area (Å²) in [4.78, 5) is 0.0258.